The Labute approximate surface area is 68.9 Å². The fraction of sp³-hybridized carbons (Fsp3) is 0.778. The molecule has 0 aromatic heterocycles. The van der Waals surface area contributed by atoms with Gasteiger partial charge in [0.25, 0.3) is 0 Å². The van der Waals surface area contributed by atoms with Crippen molar-refractivity contribution in [2.24, 2.45) is 0 Å². The number of hydrogen-bond acceptors (Lipinski definition) is 2. The molecule has 1 unspecified atom stereocenters. The van der Waals surface area contributed by atoms with E-state index in [-0.39, 0.29) is 12.7 Å². The highest BCUT2D eigenvalue weighted by atomic mass is 16.5. The van der Waals surface area contributed by atoms with Gasteiger partial charge in [-0.05, 0) is 13.3 Å². The van der Waals surface area contributed by atoms with Crippen LogP contribution in [0, 0.1) is 0 Å². The summed E-state index contributed by atoms with van der Waals surface area (Å²) in [6.45, 7) is 7.78. The van der Waals surface area contributed by atoms with E-state index in [0.717, 1.165) is 18.6 Å². The van der Waals surface area contributed by atoms with Crippen molar-refractivity contribution in [1.82, 2.24) is 0 Å². The van der Waals surface area contributed by atoms with Crippen LogP contribution in [0.25, 0.3) is 0 Å². The number of hydrogen-bond donors (Lipinski definition) is 1. The maximum Gasteiger partial charge on any atom is 0.100 e. The predicted octanol–water partition coefficient (Wildman–Crippen LogP) is 2.09. The standard InChI is InChI=1S/C9H18O2/c1-4-5-9(6-7-10)11-8(2)3/h9-10H,2,4-7H2,1,3H3. The normalized spacial score (nSPS) is 12.6. The molecule has 1 atom stereocenters. The molecule has 0 aliphatic carbocycles. The molecule has 0 amide bonds. The SMILES string of the molecule is C=C(C)OC(CCC)CCO. The second-order valence-electron chi connectivity index (χ2n) is 2.74. The first-order valence-corrected chi connectivity index (χ1v) is 4.13. The van der Waals surface area contributed by atoms with Crippen molar-refractivity contribution in [2.75, 3.05) is 6.61 Å². The molecule has 0 radical (unpaired) electrons. The van der Waals surface area contributed by atoms with E-state index in [2.05, 4.69) is 13.5 Å². The maximum absolute atomic E-state index is 8.67. The monoisotopic (exact) mass is 158 g/mol. The van der Waals surface area contributed by atoms with Crippen LogP contribution in [0.5, 0.6) is 0 Å². The summed E-state index contributed by atoms with van der Waals surface area (Å²) in [5.41, 5.74) is 0. The fourth-order valence-electron chi connectivity index (χ4n) is 1.01. The van der Waals surface area contributed by atoms with Crippen molar-refractivity contribution < 1.29 is 9.84 Å². The summed E-state index contributed by atoms with van der Waals surface area (Å²) in [4.78, 5) is 0. The van der Waals surface area contributed by atoms with Crippen LogP contribution in [-0.4, -0.2) is 17.8 Å². The van der Waals surface area contributed by atoms with Gasteiger partial charge in [-0.25, -0.2) is 0 Å². The van der Waals surface area contributed by atoms with Gasteiger partial charge < -0.3 is 9.84 Å². The van der Waals surface area contributed by atoms with Crippen LogP contribution in [0.1, 0.15) is 33.1 Å². The quantitative estimate of drug-likeness (QED) is 0.600. The maximum atomic E-state index is 8.67. The molecular weight excluding hydrogens is 140 g/mol. The summed E-state index contributed by atoms with van der Waals surface area (Å²) in [5, 5.41) is 8.67. The van der Waals surface area contributed by atoms with Gasteiger partial charge in [0, 0.05) is 13.0 Å². The van der Waals surface area contributed by atoms with Crippen LogP contribution in [-0.2, 0) is 4.74 Å². The zero-order valence-corrected chi connectivity index (χ0v) is 7.47. The van der Waals surface area contributed by atoms with Gasteiger partial charge in [0.2, 0.25) is 0 Å². The molecule has 0 fully saturated rings. The number of rotatable bonds is 6. The summed E-state index contributed by atoms with van der Waals surface area (Å²) in [5.74, 6) is 0.733. The molecular formula is C9H18O2. The first kappa shape index (κ1) is 10.5. The van der Waals surface area contributed by atoms with Gasteiger partial charge in [0.15, 0.2) is 0 Å². The minimum absolute atomic E-state index is 0.155. The first-order valence-electron chi connectivity index (χ1n) is 4.13. The molecule has 0 saturated carbocycles. The summed E-state index contributed by atoms with van der Waals surface area (Å²) in [6, 6.07) is 0. The molecule has 0 aromatic rings. The van der Waals surface area contributed by atoms with Crippen molar-refractivity contribution in [2.45, 2.75) is 39.2 Å². The number of ether oxygens (including phenoxy) is 1. The van der Waals surface area contributed by atoms with E-state index in [1.807, 2.05) is 6.92 Å². The molecule has 0 aliphatic rings. The molecule has 2 heteroatoms. The van der Waals surface area contributed by atoms with E-state index in [1.165, 1.54) is 0 Å². The smallest absolute Gasteiger partial charge is 0.100 e. The number of aliphatic hydroxyl groups excluding tert-OH is 1. The third kappa shape index (κ3) is 5.92. The molecule has 0 rings (SSSR count). The highest BCUT2D eigenvalue weighted by Gasteiger charge is 2.06. The Morgan fingerprint density at radius 2 is 2.18 bits per heavy atom. The first-order chi connectivity index (χ1) is 5.20. The lowest BCUT2D eigenvalue weighted by Crippen LogP contribution is -2.13. The van der Waals surface area contributed by atoms with Crippen molar-refractivity contribution >= 4 is 0 Å². The van der Waals surface area contributed by atoms with Crippen LogP contribution < -0.4 is 0 Å². The van der Waals surface area contributed by atoms with Gasteiger partial charge in [0.1, 0.15) is 6.10 Å². The van der Waals surface area contributed by atoms with Crippen LogP contribution >= 0.6 is 0 Å². The van der Waals surface area contributed by atoms with Crippen molar-refractivity contribution in [3.05, 3.63) is 12.3 Å². The van der Waals surface area contributed by atoms with Gasteiger partial charge in [-0.3, -0.25) is 0 Å². The van der Waals surface area contributed by atoms with Crippen LogP contribution in [0.4, 0.5) is 0 Å². The lowest BCUT2D eigenvalue weighted by atomic mass is 10.1. The molecule has 0 bridgehead atoms. The molecule has 0 aromatic carbocycles. The van der Waals surface area contributed by atoms with E-state index < -0.39 is 0 Å². The molecule has 0 saturated heterocycles. The lowest BCUT2D eigenvalue weighted by molar-refractivity contribution is 0.0834. The molecule has 11 heavy (non-hydrogen) atoms. The Kier molecular flexibility index (Phi) is 5.94. The summed E-state index contributed by atoms with van der Waals surface area (Å²) >= 11 is 0. The van der Waals surface area contributed by atoms with Crippen LogP contribution in [0.2, 0.25) is 0 Å². The minimum atomic E-state index is 0.155. The van der Waals surface area contributed by atoms with Crippen molar-refractivity contribution in [3.8, 4) is 0 Å². The topological polar surface area (TPSA) is 29.5 Å². The van der Waals surface area contributed by atoms with E-state index in [1.54, 1.807) is 0 Å². The zero-order valence-electron chi connectivity index (χ0n) is 7.47. The van der Waals surface area contributed by atoms with Crippen molar-refractivity contribution in [3.63, 3.8) is 0 Å². The highest BCUT2D eigenvalue weighted by Crippen LogP contribution is 2.09. The van der Waals surface area contributed by atoms with Gasteiger partial charge >= 0.3 is 0 Å². The summed E-state index contributed by atoms with van der Waals surface area (Å²) in [7, 11) is 0. The van der Waals surface area contributed by atoms with Gasteiger partial charge in [-0.1, -0.05) is 19.9 Å². The molecule has 2 nitrogen and oxygen atoms in total. The molecule has 0 aliphatic heterocycles. The Morgan fingerprint density at radius 3 is 2.55 bits per heavy atom. The Morgan fingerprint density at radius 1 is 1.55 bits per heavy atom. The second-order valence-corrected chi connectivity index (χ2v) is 2.74. The molecule has 0 heterocycles. The van der Waals surface area contributed by atoms with E-state index in [0.29, 0.717) is 6.42 Å². The third-order valence-electron chi connectivity index (χ3n) is 1.43. The van der Waals surface area contributed by atoms with Gasteiger partial charge in [0.05, 0.1) is 5.76 Å². The van der Waals surface area contributed by atoms with Gasteiger partial charge in [-0.15, -0.1) is 0 Å². The Hall–Kier alpha value is -0.500. The lowest BCUT2D eigenvalue weighted by Gasteiger charge is -2.16. The fourth-order valence-corrected chi connectivity index (χ4v) is 1.01. The predicted molar refractivity (Wildman–Crippen MR) is 46.3 cm³/mol. The van der Waals surface area contributed by atoms with Crippen LogP contribution in [0.15, 0.2) is 12.3 Å². The largest absolute Gasteiger partial charge is 0.496 e. The number of allylic oxidation sites excluding steroid dienone is 1. The average Bonchev–Trinajstić information content (AvgIpc) is 1.87. The zero-order chi connectivity index (χ0) is 8.69. The summed E-state index contributed by atoms with van der Waals surface area (Å²) < 4.78 is 5.38. The Bertz CT molecular complexity index is 104. The minimum Gasteiger partial charge on any atom is -0.496 e. The van der Waals surface area contributed by atoms with Gasteiger partial charge in [-0.2, -0.15) is 0 Å². The van der Waals surface area contributed by atoms with Crippen molar-refractivity contribution in [1.29, 1.82) is 0 Å². The van der Waals surface area contributed by atoms with E-state index >= 15 is 0 Å². The highest BCUT2D eigenvalue weighted by molar-refractivity contribution is 4.76. The Balaban J connectivity index is 3.59. The van der Waals surface area contributed by atoms with E-state index in [4.69, 9.17) is 9.84 Å². The summed E-state index contributed by atoms with van der Waals surface area (Å²) in [6.07, 6.45) is 2.94. The third-order valence-corrected chi connectivity index (χ3v) is 1.43. The molecule has 0 spiro atoms. The average molecular weight is 158 g/mol. The molecule has 66 valence electrons. The number of aliphatic hydroxyl groups is 1. The second kappa shape index (κ2) is 6.23. The molecule has 1 N–H and O–H groups in total. The van der Waals surface area contributed by atoms with Crippen LogP contribution in [0.3, 0.4) is 0 Å². The van der Waals surface area contributed by atoms with E-state index in [9.17, 15) is 0 Å².